The molecule has 0 saturated carbocycles. The SMILES string of the molecule is CCN1CCCCC1CNC(=O)NC(C)CCCO. The number of carbonyl (C=O) groups is 1. The number of nitrogens with one attached hydrogen (secondary N) is 2. The summed E-state index contributed by atoms with van der Waals surface area (Å²) in [5.41, 5.74) is 0. The van der Waals surface area contributed by atoms with E-state index in [0.717, 1.165) is 32.5 Å². The van der Waals surface area contributed by atoms with Crippen LogP contribution in [-0.4, -0.2) is 54.4 Å². The molecule has 0 aromatic carbocycles. The Morgan fingerprint density at radius 2 is 2.26 bits per heavy atom. The quantitative estimate of drug-likeness (QED) is 0.654. The molecular formula is C14H29N3O2. The Morgan fingerprint density at radius 1 is 1.47 bits per heavy atom. The minimum Gasteiger partial charge on any atom is -0.396 e. The number of urea groups is 1. The molecule has 0 aliphatic carbocycles. The number of piperidine rings is 1. The van der Waals surface area contributed by atoms with E-state index in [1.54, 1.807) is 0 Å². The molecule has 5 nitrogen and oxygen atoms in total. The van der Waals surface area contributed by atoms with Crippen molar-refractivity contribution < 1.29 is 9.90 Å². The number of nitrogens with zero attached hydrogens (tertiary/aromatic N) is 1. The van der Waals surface area contributed by atoms with E-state index in [-0.39, 0.29) is 18.7 Å². The van der Waals surface area contributed by atoms with Gasteiger partial charge < -0.3 is 15.7 Å². The molecule has 1 fully saturated rings. The van der Waals surface area contributed by atoms with E-state index in [1.165, 1.54) is 19.3 Å². The molecule has 1 heterocycles. The maximum Gasteiger partial charge on any atom is 0.315 e. The van der Waals surface area contributed by atoms with Crippen LogP contribution in [0.2, 0.25) is 0 Å². The topological polar surface area (TPSA) is 64.6 Å². The van der Waals surface area contributed by atoms with Crippen molar-refractivity contribution in [2.45, 2.75) is 58.0 Å². The highest BCUT2D eigenvalue weighted by molar-refractivity contribution is 5.74. The first kappa shape index (κ1) is 16.2. The van der Waals surface area contributed by atoms with Crippen LogP contribution in [0.3, 0.4) is 0 Å². The van der Waals surface area contributed by atoms with Crippen molar-refractivity contribution >= 4 is 6.03 Å². The van der Waals surface area contributed by atoms with Gasteiger partial charge in [0, 0.05) is 25.2 Å². The van der Waals surface area contributed by atoms with Gasteiger partial charge in [0.2, 0.25) is 0 Å². The summed E-state index contributed by atoms with van der Waals surface area (Å²) in [6.45, 7) is 7.26. The Labute approximate surface area is 116 Å². The third kappa shape index (κ3) is 6.25. The summed E-state index contributed by atoms with van der Waals surface area (Å²) in [4.78, 5) is 14.2. The Morgan fingerprint density at radius 3 is 2.95 bits per heavy atom. The number of likely N-dealkylation sites (tertiary alicyclic amines) is 1. The molecule has 2 atom stereocenters. The molecule has 0 aromatic rings. The Hall–Kier alpha value is -0.810. The van der Waals surface area contributed by atoms with Gasteiger partial charge in [-0.1, -0.05) is 13.3 Å². The molecular weight excluding hydrogens is 242 g/mol. The highest BCUT2D eigenvalue weighted by atomic mass is 16.3. The molecule has 112 valence electrons. The fraction of sp³-hybridized carbons (Fsp3) is 0.929. The van der Waals surface area contributed by atoms with Gasteiger partial charge in [0.1, 0.15) is 0 Å². The molecule has 2 amide bonds. The van der Waals surface area contributed by atoms with Crippen LogP contribution in [0.4, 0.5) is 4.79 Å². The van der Waals surface area contributed by atoms with Crippen LogP contribution < -0.4 is 10.6 Å². The van der Waals surface area contributed by atoms with E-state index in [0.29, 0.717) is 6.04 Å². The molecule has 5 heteroatoms. The predicted molar refractivity (Wildman–Crippen MR) is 77.2 cm³/mol. The average molecular weight is 271 g/mol. The van der Waals surface area contributed by atoms with E-state index in [9.17, 15) is 4.79 Å². The molecule has 1 aliphatic heterocycles. The smallest absolute Gasteiger partial charge is 0.315 e. The summed E-state index contributed by atoms with van der Waals surface area (Å²) in [6.07, 6.45) is 5.25. The number of amides is 2. The molecule has 1 rings (SSSR count). The number of rotatable bonds is 7. The fourth-order valence-electron chi connectivity index (χ4n) is 2.66. The summed E-state index contributed by atoms with van der Waals surface area (Å²) in [5, 5.41) is 14.6. The van der Waals surface area contributed by atoms with E-state index >= 15 is 0 Å². The number of aliphatic hydroxyl groups is 1. The van der Waals surface area contributed by atoms with E-state index in [2.05, 4.69) is 22.5 Å². The van der Waals surface area contributed by atoms with Gasteiger partial charge in [0.25, 0.3) is 0 Å². The lowest BCUT2D eigenvalue weighted by Crippen LogP contribution is -2.49. The van der Waals surface area contributed by atoms with E-state index in [1.807, 2.05) is 6.92 Å². The Kier molecular flexibility index (Phi) is 7.82. The van der Waals surface area contributed by atoms with Crippen molar-refractivity contribution in [1.82, 2.24) is 15.5 Å². The number of hydrogen-bond acceptors (Lipinski definition) is 3. The van der Waals surface area contributed by atoms with Gasteiger partial charge in [0.15, 0.2) is 0 Å². The molecule has 0 aromatic heterocycles. The van der Waals surface area contributed by atoms with E-state index < -0.39 is 0 Å². The van der Waals surface area contributed by atoms with Crippen LogP contribution >= 0.6 is 0 Å². The Balaban J connectivity index is 2.21. The summed E-state index contributed by atoms with van der Waals surface area (Å²) < 4.78 is 0. The van der Waals surface area contributed by atoms with Crippen molar-refractivity contribution in [1.29, 1.82) is 0 Å². The summed E-state index contributed by atoms with van der Waals surface area (Å²) >= 11 is 0. The highest BCUT2D eigenvalue weighted by Crippen LogP contribution is 2.15. The number of aliphatic hydroxyl groups excluding tert-OH is 1. The fourth-order valence-corrected chi connectivity index (χ4v) is 2.66. The van der Waals surface area contributed by atoms with Crippen LogP contribution in [-0.2, 0) is 0 Å². The minimum atomic E-state index is -0.0907. The first-order chi connectivity index (χ1) is 9.17. The first-order valence-corrected chi connectivity index (χ1v) is 7.56. The molecule has 1 saturated heterocycles. The third-order valence-corrected chi connectivity index (χ3v) is 3.83. The number of hydrogen-bond donors (Lipinski definition) is 3. The van der Waals surface area contributed by atoms with Crippen molar-refractivity contribution in [3.8, 4) is 0 Å². The summed E-state index contributed by atoms with van der Waals surface area (Å²) in [6, 6.07) is 0.505. The maximum atomic E-state index is 11.8. The second-order valence-electron chi connectivity index (χ2n) is 5.40. The summed E-state index contributed by atoms with van der Waals surface area (Å²) in [7, 11) is 0. The monoisotopic (exact) mass is 271 g/mol. The van der Waals surface area contributed by atoms with Gasteiger partial charge in [-0.2, -0.15) is 0 Å². The van der Waals surface area contributed by atoms with Crippen molar-refractivity contribution in [3.05, 3.63) is 0 Å². The second kappa shape index (κ2) is 9.15. The van der Waals surface area contributed by atoms with Crippen LogP contribution in [0.1, 0.15) is 46.0 Å². The molecule has 0 radical (unpaired) electrons. The van der Waals surface area contributed by atoms with Crippen LogP contribution in [0, 0.1) is 0 Å². The van der Waals surface area contributed by atoms with Gasteiger partial charge in [-0.25, -0.2) is 4.79 Å². The zero-order valence-corrected chi connectivity index (χ0v) is 12.3. The van der Waals surface area contributed by atoms with Crippen LogP contribution in [0.15, 0.2) is 0 Å². The van der Waals surface area contributed by atoms with Gasteiger partial charge in [-0.15, -0.1) is 0 Å². The van der Waals surface area contributed by atoms with Gasteiger partial charge in [0.05, 0.1) is 0 Å². The minimum absolute atomic E-state index is 0.0907. The molecule has 0 spiro atoms. The van der Waals surface area contributed by atoms with Crippen LogP contribution in [0.5, 0.6) is 0 Å². The normalized spacial score (nSPS) is 21.9. The lowest BCUT2D eigenvalue weighted by Gasteiger charge is -2.35. The second-order valence-corrected chi connectivity index (χ2v) is 5.40. The van der Waals surface area contributed by atoms with Crippen LogP contribution in [0.25, 0.3) is 0 Å². The molecule has 2 unspecified atom stereocenters. The lowest BCUT2D eigenvalue weighted by atomic mass is 10.0. The largest absolute Gasteiger partial charge is 0.396 e. The average Bonchev–Trinajstić information content (AvgIpc) is 2.43. The zero-order valence-electron chi connectivity index (χ0n) is 12.3. The van der Waals surface area contributed by atoms with Crippen molar-refractivity contribution in [3.63, 3.8) is 0 Å². The Bertz CT molecular complexity index is 261. The summed E-state index contributed by atoms with van der Waals surface area (Å²) in [5.74, 6) is 0. The lowest BCUT2D eigenvalue weighted by molar-refractivity contribution is 0.153. The van der Waals surface area contributed by atoms with Gasteiger partial charge in [-0.05, 0) is 45.7 Å². The molecule has 19 heavy (non-hydrogen) atoms. The molecule has 0 bridgehead atoms. The standard InChI is InChI=1S/C14H29N3O2/c1-3-17-9-5-4-8-13(17)11-15-14(19)16-12(2)7-6-10-18/h12-13,18H,3-11H2,1-2H3,(H2,15,16,19). The number of carbonyl (C=O) groups excluding carboxylic acids is 1. The van der Waals surface area contributed by atoms with Gasteiger partial charge in [-0.3, -0.25) is 4.90 Å². The highest BCUT2D eigenvalue weighted by Gasteiger charge is 2.21. The molecule has 1 aliphatic rings. The molecule has 3 N–H and O–H groups in total. The van der Waals surface area contributed by atoms with E-state index in [4.69, 9.17) is 5.11 Å². The number of likely N-dealkylation sites (N-methyl/N-ethyl adjacent to an activating group) is 1. The first-order valence-electron chi connectivity index (χ1n) is 7.56. The van der Waals surface area contributed by atoms with Crippen molar-refractivity contribution in [2.24, 2.45) is 0 Å². The maximum absolute atomic E-state index is 11.8. The predicted octanol–water partition coefficient (Wildman–Crippen LogP) is 1.32. The zero-order chi connectivity index (χ0) is 14.1. The van der Waals surface area contributed by atoms with Crippen molar-refractivity contribution in [2.75, 3.05) is 26.2 Å². The van der Waals surface area contributed by atoms with Gasteiger partial charge >= 0.3 is 6.03 Å². The third-order valence-electron chi connectivity index (χ3n) is 3.83.